The molecule has 18 heavy (non-hydrogen) atoms. The highest BCUT2D eigenvalue weighted by Gasteiger charge is 2.22. The van der Waals surface area contributed by atoms with Gasteiger partial charge in [0.15, 0.2) is 0 Å². The summed E-state index contributed by atoms with van der Waals surface area (Å²) in [6.07, 6.45) is 0. The van der Waals surface area contributed by atoms with Crippen LogP contribution in [0.15, 0.2) is 0 Å². The summed E-state index contributed by atoms with van der Waals surface area (Å²) < 4.78 is 0. The number of hydrogen-bond acceptors (Lipinski definition) is 5. The predicted octanol–water partition coefficient (Wildman–Crippen LogP) is 1.78. The molecule has 0 aromatic carbocycles. The van der Waals surface area contributed by atoms with Crippen molar-refractivity contribution in [1.82, 2.24) is 0 Å². The Morgan fingerprint density at radius 3 is 2.56 bits per heavy atom. The molecule has 1 heterocycles. The van der Waals surface area contributed by atoms with Crippen LogP contribution in [0.3, 0.4) is 0 Å². The molecule has 1 rings (SSSR count). The molecule has 0 saturated heterocycles. The number of carbonyl (C=O) groups excluding carboxylic acids is 1. The molecule has 98 valence electrons. The Morgan fingerprint density at radius 2 is 2.17 bits per heavy atom. The fourth-order valence-corrected chi connectivity index (χ4v) is 2.84. The smallest absolute Gasteiger partial charge is 0.261 e. The van der Waals surface area contributed by atoms with Crippen LogP contribution in [0.1, 0.15) is 36.0 Å². The summed E-state index contributed by atoms with van der Waals surface area (Å²) in [7, 11) is 0. The number of nitrogens with zero attached hydrogens (tertiary/aromatic N) is 2. The lowest BCUT2D eigenvalue weighted by Gasteiger charge is -2.23. The first kappa shape index (κ1) is 14.3. The molecular weight excluding hydrogens is 248 g/mol. The minimum atomic E-state index is -0.583. The SMILES string of the molecule is CCN(CC(C)C)c1sc(C(N)=O)c(N)c1C#N. The van der Waals surface area contributed by atoms with Crippen molar-refractivity contribution in [3.63, 3.8) is 0 Å². The fourth-order valence-electron chi connectivity index (χ4n) is 1.74. The Bertz CT molecular complexity index is 487. The van der Waals surface area contributed by atoms with Crippen LogP contribution in [-0.2, 0) is 0 Å². The van der Waals surface area contributed by atoms with Crippen LogP contribution in [0.5, 0.6) is 0 Å². The number of nitrogen functional groups attached to an aromatic ring is 1. The lowest BCUT2D eigenvalue weighted by molar-refractivity contribution is 0.100. The van der Waals surface area contributed by atoms with Gasteiger partial charge in [0.05, 0.1) is 5.69 Å². The van der Waals surface area contributed by atoms with Gasteiger partial charge in [0.25, 0.3) is 5.91 Å². The van der Waals surface area contributed by atoms with E-state index in [1.807, 2.05) is 6.92 Å². The maximum atomic E-state index is 11.3. The molecule has 0 aliphatic heterocycles. The third-order valence-corrected chi connectivity index (χ3v) is 3.80. The normalized spacial score (nSPS) is 10.4. The number of nitrogens with two attached hydrogens (primary N) is 2. The van der Waals surface area contributed by atoms with E-state index >= 15 is 0 Å². The van der Waals surface area contributed by atoms with Crippen LogP contribution in [0, 0.1) is 17.2 Å². The van der Waals surface area contributed by atoms with Crippen LogP contribution >= 0.6 is 11.3 Å². The third kappa shape index (κ3) is 2.74. The minimum absolute atomic E-state index is 0.201. The number of hydrogen-bond donors (Lipinski definition) is 2. The highest BCUT2D eigenvalue weighted by molar-refractivity contribution is 7.19. The van der Waals surface area contributed by atoms with Crippen molar-refractivity contribution in [2.75, 3.05) is 23.7 Å². The number of amides is 1. The average molecular weight is 266 g/mol. The van der Waals surface area contributed by atoms with Crippen LogP contribution in [0.2, 0.25) is 0 Å². The summed E-state index contributed by atoms with van der Waals surface area (Å²) in [6.45, 7) is 7.76. The lowest BCUT2D eigenvalue weighted by atomic mass is 10.2. The van der Waals surface area contributed by atoms with Crippen LogP contribution in [-0.4, -0.2) is 19.0 Å². The highest BCUT2D eigenvalue weighted by atomic mass is 32.1. The summed E-state index contributed by atoms with van der Waals surface area (Å²) in [5.74, 6) is -0.127. The van der Waals surface area contributed by atoms with Gasteiger partial charge in [-0.25, -0.2) is 0 Å². The predicted molar refractivity (Wildman–Crippen MR) is 74.7 cm³/mol. The van der Waals surface area contributed by atoms with Crippen LogP contribution in [0.25, 0.3) is 0 Å². The number of carbonyl (C=O) groups is 1. The van der Waals surface area contributed by atoms with Gasteiger partial charge in [-0.05, 0) is 12.8 Å². The van der Waals surface area contributed by atoms with E-state index in [1.54, 1.807) is 0 Å². The van der Waals surface area contributed by atoms with Gasteiger partial charge in [0, 0.05) is 13.1 Å². The number of primary amides is 1. The molecule has 1 amide bonds. The summed E-state index contributed by atoms with van der Waals surface area (Å²) in [4.78, 5) is 13.6. The van der Waals surface area contributed by atoms with E-state index in [4.69, 9.17) is 11.5 Å². The monoisotopic (exact) mass is 266 g/mol. The Hall–Kier alpha value is -1.74. The Labute approximate surface area is 111 Å². The van der Waals surface area contributed by atoms with Gasteiger partial charge < -0.3 is 16.4 Å². The van der Waals surface area contributed by atoms with Crippen molar-refractivity contribution in [3.8, 4) is 6.07 Å². The minimum Gasteiger partial charge on any atom is -0.396 e. The highest BCUT2D eigenvalue weighted by Crippen LogP contribution is 2.37. The summed E-state index contributed by atoms with van der Waals surface area (Å²) in [6, 6.07) is 2.06. The molecule has 4 N–H and O–H groups in total. The molecule has 0 atom stereocenters. The van der Waals surface area contributed by atoms with E-state index < -0.39 is 5.91 Å². The first-order chi connectivity index (χ1) is 8.42. The summed E-state index contributed by atoms with van der Waals surface area (Å²) in [5, 5.41) is 9.91. The van der Waals surface area contributed by atoms with Gasteiger partial charge in [0.1, 0.15) is 21.5 Å². The molecule has 0 unspecified atom stereocenters. The van der Waals surface area contributed by atoms with Gasteiger partial charge in [-0.1, -0.05) is 13.8 Å². The van der Waals surface area contributed by atoms with E-state index in [-0.39, 0.29) is 10.6 Å². The zero-order valence-corrected chi connectivity index (χ0v) is 11.7. The van der Waals surface area contributed by atoms with Gasteiger partial charge in [-0.2, -0.15) is 5.26 Å². The van der Waals surface area contributed by atoms with Crippen molar-refractivity contribution in [2.24, 2.45) is 11.7 Å². The topological polar surface area (TPSA) is 96.1 Å². The molecule has 1 aromatic rings. The molecule has 5 nitrogen and oxygen atoms in total. The number of rotatable bonds is 5. The molecule has 0 bridgehead atoms. The van der Waals surface area contributed by atoms with Gasteiger partial charge in [-0.3, -0.25) is 4.79 Å². The molecule has 0 fully saturated rings. The van der Waals surface area contributed by atoms with Gasteiger partial charge >= 0.3 is 0 Å². The van der Waals surface area contributed by atoms with Gasteiger partial charge in [-0.15, -0.1) is 11.3 Å². The summed E-state index contributed by atoms with van der Waals surface area (Å²) in [5.41, 5.74) is 11.6. The van der Waals surface area contributed by atoms with Crippen molar-refractivity contribution >= 4 is 27.9 Å². The number of thiophene rings is 1. The molecule has 0 aliphatic rings. The average Bonchev–Trinajstić information content (AvgIpc) is 2.62. The molecule has 0 saturated carbocycles. The zero-order valence-electron chi connectivity index (χ0n) is 10.9. The molecule has 1 aromatic heterocycles. The zero-order chi connectivity index (χ0) is 13.9. The standard InChI is InChI=1S/C12H18N4OS/c1-4-16(6-7(2)3)12-8(5-13)9(14)10(18-12)11(15)17/h7H,4,6,14H2,1-3H3,(H2,15,17). The van der Waals surface area contributed by atoms with Crippen molar-refractivity contribution in [2.45, 2.75) is 20.8 Å². The first-order valence-electron chi connectivity index (χ1n) is 5.79. The quantitative estimate of drug-likeness (QED) is 0.849. The van der Waals surface area contributed by atoms with Crippen LogP contribution < -0.4 is 16.4 Å². The second-order valence-electron chi connectivity index (χ2n) is 4.43. The van der Waals surface area contributed by atoms with Crippen LogP contribution in [0.4, 0.5) is 10.7 Å². The second kappa shape index (κ2) is 5.74. The Kier molecular flexibility index (Phi) is 4.56. The summed E-state index contributed by atoms with van der Waals surface area (Å²) >= 11 is 1.20. The Morgan fingerprint density at radius 1 is 1.56 bits per heavy atom. The molecule has 0 aliphatic carbocycles. The van der Waals surface area contributed by atoms with E-state index in [1.165, 1.54) is 11.3 Å². The van der Waals surface area contributed by atoms with Gasteiger partial charge in [0.2, 0.25) is 0 Å². The van der Waals surface area contributed by atoms with Crippen molar-refractivity contribution in [3.05, 3.63) is 10.4 Å². The molecule has 0 radical (unpaired) electrons. The Balaban J connectivity index is 3.26. The number of nitriles is 1. The van der Waals surface area contributed by atoms with E-state index in [9.17, 15) is 10.1 Å². The second-order valence-corrected chi connectivity index (χ2v) is 5.43. The van der Waals surface area contributed by atoms with E-state index in [2.05, 4.69) is 24.8 Å². The maximum absolute atomic E-state index is 11.3. The third-order valence-electron chi connectivity index (χ3n) is 2.52. The lowest BCUT2D eigenvalue weighted by Crippen LogP contribution is -2.27. The van der Waals surface area contributed by atoms with E-state index in [0.29, 0.717) is 11.5 Å². The maximum Gasteiger partial charge on any atom is 0.261 e. The fraction of sp³-hybridized carbons (Fsp3) is 0.500. The molecular formula is C12H18N4OS. The molecule has 0 spiro atoms. The van der Waals surface area contributed by atoms with E-state index in [0.717, 1.165) is 18.1 Å². The van der Waals surface area contributed by atoms with Crippen molar-refractivity contribution in [1.29, 1.82) is 5.26 Å². The van der Waals surface area contributed by atoms with Crippen molar-refractivity contribution < 1.29 is 4.79 Å². The largest absolute Gasteiger partial charge is 0.396 e. The number of anilines is 2. The first-order valence-corrected chi connectivity index (χ1v) is 6.61. The molecule has 6 heteroatoms.